The van der Waals surface area contributed by atoms with E-state index in [4.69, 9.17) is 0 Å². The second-order valence-corrected chi connectivity index (χ2v) is 5.56. The number of hydrogen-bond donors (Lipinski definition) is 1. The van der Waals surface area contributed by atoms with E-state index in [0.717, 1.165) is 13.0 Å². The summed E-state index contributed by atoms with van der Waals surface area (Å²) < 4.78 is 1.91. The number of aryl methyl sites for hydroxylation is 1. The van der Waals surface area contributed by atoms with Gasteiger partial charge in [0.1, 0.15) is 12.7 Å². The van der Waals surface area contributed by atoms with Crippen molar-refractivity contribution in [1.29, 1.82) is 0 Å². The van der Waals surface area contributed by atoms with E-state index >= 15 is 0 Å². The van der Waals surface area contributed by atoms with E-state index in [1.54, 1.807) is 12.7 Å². The molecule has 0 bridgehead atoms. The number of rotatable bonds is 6. The van der Waals surface area contributed by atoms with E-state index in [1.807, 2.05) is 4.68 Å². The van der Waals surface area contributed by atoms with E-state index < -0.39 is 0 Å². The molecule has 1 atom stereocenters. The molecule has 1 aliphatic carbocycles. The second kappa shape index (κ2) is 6.66. The van der Waals surface area contributed by atoms with Crippen molar-refractivity contribution in [3.05, 3.63) is 48.5 Å². The van der Waals surface area contributed by atoms with Gasteiger partial charge < -0.3 is 5.32 Å². The molecule has 1 saturated carbocycles. The van der Waals surface area contributed by atoms with Crippen molar-refractivity contribution >= 4 is 0 Å². The maximum Gasteiger partial charge on any atom is 0.137 e. The van der Waals surface area contributed by atoms with Gasteiger partial charge in [-0.3, -0.25) is 4.68 Å². The van der Waals surface area contributed by atoms with Gasteiger partial charge in [0.25, 0.3) is 0 Å². The molecule has 0 amide bonds. The minimum atomic E-state index is 0.406. The zero-order valence-corrected chi connectivity index (χ0v) is 11.8. The summed E-state index contributed by atoms with van der Waals surface area (Å²) in [5, 5.41) is 8.02. The lowest BCUT2D eigenvalue weighted by molar-refractivity contribution is 0.393. The summed E-state index contributed by atoms with van der Waals surface area (Å²) >= 11 is 0. The summed E-state index contributed by atoms with van der Waals surface area (Å²) in [7, 11) is 0. The molecule has 1 aliphatic rings. The van der Waals surface area contributed by atoms with Crippen LogP contribution in [-0.4, -0.2) is 20.8 Å². The average Bonchev–Trinajstić information content (AvgIpc) is 3.18. The number of hydrogen-bond acceptors (Lipinski definition) is 3. The summed E-state index contributed by atoms with van der Waals surface area (Å²) in [6.07, 6.45) is 9.78. The molecule has 3 rings (SSSR count). The van der Waals surface area contributed by atoms with Crippen LogP contribution in [0.5, 0.6) is 0 Å². The molecule has 2 aromatic rings. The van der Waals surface area contributed by atoms with Crippen LogP contribution in [0.3, 0.4) is 0 Å². The summed E-state index contributed by atoms with van der Waals surface area (Å²) in [5.41, 5.74) is 1.37. The Balaban J connectivity index is 1.65. The van der Waals surface area contributed by atoms with Crippen LogP contribution < -0.4 is 5.32 Å². The van der Waals surface area contributed by atoms with Crippen LogP contribution in [-0.2, 0) is 6.54 Å². The molecule has 0 spiro atoms. The minimum absolute atomic E-state index is 0.406. The zero-order valence-electron chi connectivity index (χ0n) is 11.8. The quantitative estimate of drug-likeness (QED) is 0.877. The molecule has 1 aromatic carbocycles. The smallest absolute Gasteiger partial charge is 0.137 e. The van der Waals surface area contributed by atoms with E-state index in [0.29, 0.717) is 12.1 Å². The van der Waals surface area contributed by atoms with Gasteiger partial charge in [-0.25, -0.2) is 4.98 Å². The van der Waals surface area contributed by atoms with Gasteiger partial charge in [-0.05, 0) is 24.8 Å². The van der Waals surface area contributed by atoms with E-state index in [9.17, 15) is 0 Å². The van der Waals surface area contributed by atoms with Crippen LogP contribution in [0.25, 0.3) is 0 Å². The Labute approximate surface area is 120 Å². The molecule has 1 unspecified atom stereocenters. The van der Waals surface area contributed by atoms with E-state index in [1.165, 1.54) is 31.2 Å². The van der Waals surface area contributed by atoms with Crippen molar-refractivity contribution in [2.24, 2.45) is 0 Å². The topological polar surface area (TPSA) is 42.7 Å². The highest BCUT2D eigenvalue weighted by Gasteiger charge is 2.20. The predicted octanol–water partition coefficient (Wildman–Crippen LogP) is 2.94. The fraction of sp³-hybridized carbons (Fsp3) is 0.500. The van der Waals surface area contributed by atoms with Crippen LogP contribution >= 0.6 is 0 Å². The van der Waals surface area contributed by atoms with Gasteiger partial charge in [-0.2, -0.15) is 5.10 Å². The monoisotopic (exact) mass is 270 g/mol. The van der Waals surface area contributed by atoms with Crippen LogP contribution in [0.4, 0.5) is 0 Å². The highest BCUT2D eigenvalue weighted by Crippen LogP contribution is 2.24. The number of benzene rings is 1. The van der Waals surface area contributed by atoms with Crippen LogP contribution in [0, 0.1) is 0 Å². The van der Waals surface area contributed by atoms with Gasteiger partial charge in [-0.15, -0.1) is 0 Å². The molecule has 0 radical (unpaired) electrons. The number of aromatic nitrogens is 3. The minimum Gasteiger partial charge on any atom is -0.307 e. The van der Waals surface area contributed by atoms with Gasteiger partial charge in [0.15, 0.2) is 0 Å². The van der Waals surface area contributed by atoms with Gasteiger partial charge in [0.2, 0.25) is 0 Å². The van der Waals surface area contributed by atoms with Gasteiger partial charge in [0.05, 0.1) is 0 Å². The van der Waals surface area contributed by atoms with Crippen LogP contribution in [0.2, 0.25) is 0 Å². The molecule has 0 aliphatic heterocycles. The van der Waals surface area contributed by atoms with Gasteiger partial charge >= 0.3 is 0 Å². The summed E-state index contributed by atoms with van der Waals surface area (Å²) in [6.45, 7) is 0.902. The van der Waals surface area contributed by atoms with E-state index in [-0.39, 0.29) is 0 Å². The Morgan fingerprint density at radius 1 is 1.20 bits per heavy atom. The zero-order chi connectivity index (χ0) is 13.6. The van der Waals surface area contributed by atoms with Gasteiger partial charge in [-0.1, -0.05) is 43.2 Å². The van der Waals surface area contributed by atoms with Gasteiger partial charge in [0, 0.05) is 18.6 Å². The highest BCUT2D eigenvalue weighted by molar-refractivity contribution is 5.19. The summed E-state index contributed by atoms with van der Waals surface area (Å²) in [4.78, 5) is 4.01. The lowest BCUT2D eigenvalue weighted by atomic mass is 10.0. The first-order valence-corrected chi connectivity index (χ1v) is 7.55. The summed E-state index contributed by atoms with van der Waals surface area (Å²) in [5.74, 6) is 0. The largest absolute Gasteiger partial charge is 0.307 e. The molecule has 1 fully saturated rings. The van der Waals surface area contributed by atoms with Crippen LogP contribution in [0.15, 0.2) is 43.0 Å². The Kier molecular flexibility index (Phi) is 4.43. The molecule has 106 valence electrons. The second-order valence-electron chi connectivity index (χ2n) is 5.56. The van der Waals surface area contributed by atoms with Crippen molar-refractivity contribution in [3.8, 4) is 0 Å². The Hall–Kier alpha value is -1.68. The maximum atomic E-state index is 4.19. The normalized spacial score (nSPS) is 17.4. The Morgan fingerprint density at radius 3 is 2.70 bits per heavy atom. The predicted molar refractivity (Wildman–Crippen MR) is 79.2 cm³/mol. The first-order valence-electron chi connectivity index (χ1n) is 7.55. The molecule has 20 heavy (non-hydrogen) atoms. The molecule has 1 N–H and O–H groups in total. The highest BCUT2D eigenvalue weighted by atomic mass is 15.3. The molecule has 1 heterocycles. The van der Waals surface area contributed by atoms with E-state index in [2.05, 4.69) is 45.7 Å². The lowest BCUT2D eigenvalue weighted by Crippen LogP contribution is -2.31. The van der Waals surface area contributed by atoms with Crippen molar-refractivity contribution < 1.29 is 0 Å². The molecular weight excluding hydrogens is 248 g/mol. The number of nitrogens with zero attached hydrogens (tertiary/aromatic N) is 3. The average molecular weight is 270 g/mol. The third-order valence-electron chi connectivity index (χ3n) is 4.11. The Morgan fingerprint density at radius 2 is 2.00 bits per heavy atom. The van der Waals surface area contributed by atoms with Crippen LogP contribution in [0.1, 0.15) is 43.7 Å². The summed E-state index contributed by atoms with van der Waals surface area (Å²) in [6, 6.07) is 11.8. The molecule has 1 aromatic heterocycles. The fourth-order valence-corrected chi connectivity index (χ4v) is 3.02. The third kappa shape index (κ3) is 3.45. The SMILES string of the molecule is c1ccc(C(CCn2cncn2)NC2CCCC2)cc1. The standard InChI is InChI=1S/C16H22N4/c1-2-6-14(7-3-1)16(19-15-8-4-5-9-15)10-11-20-13-17-12-18-20/h1-3,6-7,12-13,15-16,19H,4-5,8-11H2. The third-order valence-corrected chi connectivity index (χ3v) is 4.11. The maximum absolute atomic E-state index is 4.19. The molecule has 4 nitrogen and oxygen atoms in total. The number of nitrogens with one attached hydrogen (secondary N) is 1. The van der Waals surface area contributed by atoms with Crippen molar-refractivity contribution in [2.75, 3.05) is 0 Å². The lowest BCUT2D eigenvalue weighted by Gasteiger charge is -2.23. The van der Waals surface area contributed by atoms with Crippen molar-refractivity contribution in [1.82, 2.24) is 20.1 Å². The van der Waals surface area contributed by atoms with Crippen molar-refractivity contribution in [3.63, 3.8) is 0 Å². The molecule has 4 heteroatoms. The van der Waals surface area contributed by atoms with Crippen molar-refractivity contribution in [2.45, 2.75) is 50.7 Å². The molecular formula is C16H22N4. The fourth-order valence-electron chi connectivity index (χ4n) is 3.02. The molecule has 0 saturated heterocycles. The first kappa shape index (κ1) is 13.3. The Bertz CT molecular complexity index is 488. The first-order chi connectivity index (χ1) is 9.92.